The lowest BCUT2D eigenvalue weighted by Gasteiger charge is -2.23. The Bertz CT molecular complexity index is 802. The number of rotatable bonds is 5. The van der Waals surface area contributed by atoms with E-state index in [4.69, 9.17) is 9.15 Å². The quantitative estimate of drug-likeness (QED) is 0.899. The van der Waals surface area contributed by atoms with Crippen molar-refractivity contribution in [1.82, 2.24) is 4.90 Å². The van der Waals surface area contributed by atoms with Gasteiger partial charge in [-0.2, -0.15) is 0 Å². The van der Waals surface area contributed by atoms with E-state index < -0.39 is 23.1 Å². The SMILES string of the molecule is COCC1(C(=O)O)CCN(C(=O)c2ccc(-c3ccccc3F)o2)C1. The van der Waals surface area contributed by atoms with Gasteiger partial charge in [-0.1, -0.05) is 12.1 Å². The third-order valence-corrected chi connectivity index (χ3v) is 4.47. The van der Waals surface area contributed by atoms with Crippen LogP contribution in [-0.2, 0) is 9.53 Å². The van der Waals surface area contributed by atoms with Gasteiger partial charge >= 0.3 is 5.97 Å². The number of carboxylic acid groups (broad SMARTS) is 1. The highest BCUT2D eigenvalue weighted by molar-refractivity contribution is 5.93. The van der Waals surface area contributed by atoms with Crippen LogP contribution >= 0.6 is 0 Å². The second kappa shape index (κ2) is 6.68. The number of carbonyl (C=O) groups excluding carboxylic acids is 1. The fourth-order valence-corrected chi connectivity index (χ4v) is 3.09. The Labute approximate surface area is 143 Å². The number of hydrogen-bond donors (Lipinski definition) is 1. The van der Waals surface area contributed by atoms with Crippen LogP contribution in [0.4, 0.5) is 4.39 Å². The van der Waals surface area contributed by atoms with E-state index in [-0.39, 0.29) is 30.2 Å². The van der Waals surface area contributed by atoms with Gasteiger partial charge in [0.1, 0.15) is 17.0 Å². The average Bonchev–Trinajstić information content (AvgIpc) is 3.23. The van der Waals surface area contributed by atoms with E-state index >= 15 is 0 Å². The molecule has 3 rings (SSSR count). The molecule has 0 radical (unpaired) electrons. The molecule has 6 nitrogen and oxygen atoms in total. The molecule has 0 aliphatic carbocycles. The summed E-state index contributed by atoms with van der Waals surface area (Å²) in [5.41, 5.74) is -0.840. The predicted octanol–water partition coefficient (Wildman–Crippen LogP) is 2.65. The van der Waals surface area contributed by atoms with E-state index in [0.717, 1.165) is 0 Å². The Kier molecular flexibility index (Phi) is 4.59. The van der Waals surface area contributed by atoms with Gasteiger partial charge in [0.15, 0.2) is 5.76 Å². The number of carboxylic acids is 1. The number of ether oxygens (including phenoxy) is 1. The van der Waals surface area contributed by atoms with Crippen LogP contribution in [0.25, 0.3) is 11.3 Å². The molecule has 1 aliphatic heterocycles. The summed E-state index contributed by atoms with van der Waals surface area (Å²) in [6, 6.07) is 9.12. The lowest BCUT2D eigenvalue weighted by molar-refractivity contribution is -0.151. The standard InChI is InChI=1S/C18H18FNO5/c1-24-11-18(17(22)23)8-9-20(10-18)16(21)15-7-6-14(25-15)12-4-2-3-5-13(12)19/h2-7H,8-11H2,1H3,(H,22,23). The molecular weight excluding hydrogens is 329 g/mol. The smallest absolute Gasteiger partial charge is 0.313 e. The van der Waals surface area contributed by atoms with E-state index in [9.17, 15) is 19.1 Å². The first-order valence-electron chi connectivity index (χ1n) is 7.83. The van der Waals surface area contributed by atoms with Crippen LogP contribution in [0.1, 0.15) is 17.0 Å². The number of benzene rings is 1. The van der Waals surface area contributed by atoms with Crippen LogP contribution in [0.5, 0.6) is 0 Å². The maximum atomic E-state index is 13.8. The summed E-state index contributed by atoms with van der Waals surface area (Å²) in [5.74, 6) is -1.54. The molecule has 1 unspecified atom stereocenters. The fraction of sp³-hybridized carbons (Fsp3) is 0.333. The number of furan rings is 1. The number of halogens is 1. The molecule has 132 valence electrons. The van der Waals surface area contributed by atoms with Gasteiger partial charge in [-0.25, -0.2) is 4.39 Å². The predicted molar refractivity (Wildman–Crippen MR) is 86.6 cm³/mol. The summed E-state index contributed by atoms with van der Waals surface area (Å²) in [7, 11) is 1.43. The van der Waals surface area contributed by atoms with Crippen molar-refractivity contribution in [2.24, 2.45) is 5.41 Å². The zero-order valence-electron chi connectivity index (χ0n) is 13.7. The number of nitrogens with zero attached hydrogens (tertiary/aromatic N) is 1. The van der Waals surface area contributed by atoms with Gasteiger partial charge in [-0.15, -0.1) is 0 Å². The summed E-state index contributed by atoms with van der Waals surface area (Å²) in [4.78, 5) is 25.6. The Balaban J connectivity index is 1.79. The van der Waals surface area contributed by atoms with Crippen molar-refractivity contribution < 1.29 is 28.2 Å². The van der Waals surface area contributed by atoms with Crippen molar-refractivity contribution >= 4 is 11.9 Å². The summed E-state index contributed by atoms with van der Waals surface area (Å²) >= 11 is 0. The van der Waals surface area contributed by atoms with Crippen LogP contribution in [0, 0.1) is 11.2 Å². The fourth-order valence-electron chi connectivity index (χ4n) is 3.09. The normalized spacial score (nSPS) is 20.0. The van der Waals surface area contributed by atoms with E-state index in [0.29, 0.717) is 13.0 Å². The van der Waals surface area contributed by atoms with Gasteiger partial charge < -0.3 is 19.2 Å². The third kappa shape index (κ3) is 3.15. The van der Waals surface area contributed by atoms with Crippen molar-refractivity contribution in [3.8, 4) is 11.3 Å². The second-order valence-corrected chi connectivity index (χ2v) is 6.14. The van der Waals surface area contributed by atoms with E-state index in [1.807, 2.05) is 0 Å². The first-order chi connectivity index (χ1) is 12.0. The molecule has 0 bridgehead atoms. The molecule has 2 heterocycles. The van der Waals surface area contributed by atoms with Gasteiger partial charge in [0.05, 0.1) is 12.2 Å². The molecule has 25 heavy (non-hydrogen) atoms. The minimum absolute atomic E-state index is 0.0325. The Morgan fingerprint density at radius 1 is 1.32 bits per heavy atom. The number of hydrogen-bond acceptors (Lipinski definition) is 4. The molecule has 1 aliphatic rings. The summed E-state index contributed by atoms with van der Waals surface area (Å²) in [5, 5.41) is 9.47. The molecule has 2 aromatic rings. The highest BCUT2D eigenvalue weighted by atomic mass is 19.1. The largest absolute Gasteiger partial charge is 0.481 e. The maximum Gasteiger partial charge on any atom is 0.313 e. The molecule has 1 saturated heterocycles. The van der Waals surface area contributed by atoms with Gasteiger partial charge in [0.25, 0.3) is 5.91 Å². The van der Waals surface area contributed by atoms with E-state index in [1.165, 1.54) is 30.2 Å². The Morgan fingerprint density at radius 3 is 2.76 bits per heavy atom. The molecule has 0 saturated carbocycles. The van der Waals surface area contributed by atoms with E-state index in [2.05, 4.69) is 0 Å². The zero-order valence-corrected chi connectivity index (χ0v) is 13.7. The topological polar surface area (TPSA) is 80.0 Å². The number of likely N-dealkylation sites (tertiary alicyclic amines) is 1. The van der Waals surface area contributed by atoms with Crippen LogP contribution in [-0.4, -0.2) is 48.7 Å². The number of methoxy groups -OCH3 is 1. The van der Waals surface area contributed by atoms with Crippen molar-refractivity contribution in [1.29, 1.82) is 0 Å². The first kappa shape index (κ1) is 17.2. The molecule has 0 spiro atoms. The van der Waals surface area contributed by atoms with Gasteiger partial charge in [0.2, 0.25) is 0 Å². The van der Waals surface area contributed by atoms with Crippen LogP contribution in [0.15, 0.2) is 40.8 Å². The Morgan fingerprint density at radius 2 is 2.08 bits per heavy atom. The minimum atomic E-state index is -1.11. The Hall–Kier alpha value is -2.67. The first-order valence-corrected chi connectivity index (χ1v) is 7.83. The van der Waals surface area contributed by atoms with Crippen molar-refractivity contribution in [3.05, 3.63) is 48.0 Å². The summed E-state index contributed by atoms with van der Waals surface area (Å²) in [6.07, 6.45) is 0.308. The second-order valence-electron chi connectivity index (χ2n) is 6.14. The number of aliphatic carboxylic acids is 1. The van der Waals surface area contributed by atoms with Crippen LogP contribution in [0.3, 0.4) is 0 Å². The highest BCUT2D eigenvalue weighted by Gasteiger charge is 2.47. The molecule has 1 fully saturated rings. The van der Waals surface area contributed by atoms with Gasteiger partial charge in [0, 0.05) is 20.2 Å². The molecule has 1 aromatic carbocycles. The number of amides is 1. The summed E-state index contributed by atoms with van der Waals surface area (Å²) in [6.45, 7) is 0.375. The lowest BCUT2D eigenvalue weighted by atomic mass is 9.88. The average molecular weight is 347 g/mol. The van der Waals surface area contributed by atoms with Crippen molar-refractivity contribution in [3.63, 3.8) is 0 Å². The molecule has 1 atom stereocenters. The molecule has 1 aromatic heterocycles. The van der Waals surface area contributed by atoms with Crippen LogP contribution in [0.2, 0.25) is 0 Å². The zero-order chi connectivity index (χ0) is 18.0. The van der Waals surface area contributed by atoms with Crippen molar-refractivity contribution in [2.45, 2.75) is 6.42 Å². The minimum Gasteiger partial charge on any atom is -0.481 e. The van der Waals surface area contributed by atoms with E-state index in [1.54, 1.807) is 18.2 Å². The number of carbonyl (C=O) groups is 2. The highest BCUT2D eigenvalue weighted by Crippen LogP contribution is 2.33. The monoisotopic (exact) mass is 347 g/mol. The molecular formula is C18H18FNO5. The molecule has 1 amide bonds. The van der Waals surface area contributed by atoms with Crippen molar-refractivity contribution in [2.75, 3.05) is 26.8 Å². The lowest BCUT2D eigenvalue weighted by Crippen LogP contribution is -2.40. The molecule has 1 N–H and O–H groups in total. The third-order valence-electron chi connectivity index (χ3n) is 4.47. The van der Waals surface area contributed by atoms with Gasteiger partial charge in [-0.3, -0.25) is 9.59 Å². The maximum absolute atomic E-state index is 13.8. The summed E-state index contributed by atoms with van der Waals surface area (Å²) < 4.78 is 24.3. The van der Waals surface area contributed by atoms with Gasteiger partial charge in [-0.05, 0) is 30.7 Å². The molecule has 7 heteroatoms. The van der Waals surface area contributed by atoms with Crippen LogP contribution < -0.4 is 0 Å².